The van der Waals surface area contributed by atoms with Gasteiger partial charge >= 0.3 is 0 Å². The summed E-state index contributed by atoms with van der Waals surface area (Å²) in [6.45, 7) is 12.7. The van der Waals surface area contributed by atoms with Crippen molar-refractivity contribution in [3.05, 3.63) is 0 Å². The first-order valence-electron chi connectivity index (χ1n) is 7.04. The fourth-order valence-corrected chi connectivity index (χ4v) is 1.97. The Morgan fingerprint density at radius 2 is 1.72 bits per heavy atom. The van der Waals surface area contributed by atoms with Crippen molar-refractivity contribution >= 4 is 11.7 Å². The van der Waals surface area contributed by atoms with Crippen LogP contribution in [0.5, 0.6) is 0 Å². The minimum absolute atomic E-state index is 0.0358. The van der Waals surface area contributed by atoms with E-state index in [2.05, 4.69) is 19.2 Å². The quantitative estimate of drug-likeness (QED) is 0.724. The molecule has 3 heteroatoms. The zero-order valence-electron chi connectivity index (χ0n) is 12.8. The first kappa shape index (κ1) is 17.1. The molecular weight excluding hydrogens is 226 g/mol. The zero-order chi connectivity index (χ0) is 14.3. The van der Waals surface area contributed by atoms with Crippen molar-refractivity contribution in [2.75, 3.05) is 6.54 Å². The fourth-order valence-electron chi connectivity index (χ4n) is 1.97. The topological polar surface area (TPSA) is 46.2 Å². The maximum Gasteiger partial charge on any atom is 0.220 e. The molecule has 0 unspecified atom stereocenters. The summed E-state index contributed by atoms with van der Waals surface area (Å²) in [6, 6.07) is 0. The number of rotatable bonds is 8. The second-order valence-corrected chi connectivity index (χ2v) is 6.13. The lowest BCUT2D eigenvalue weighted by atomic mass is 9.75. The molecular formula is C15H29NO2. The molecule has 0 fully saturated rings. The Labute approximate surface area is 112 Å². The molecule has 0 aromatic carbocycles. The van der Waals surface area contributed by atoms with Gasteiger partial charge in [-0.25, -0.2) is 0 Å². The molecule has 1 N–H and O–H groups in total. The van der Waals surface area contributed by atoms with Gasteiger partial charge in [0.25, 0.3) is 0 Å². The average molecular weight is 255 g/mol. The molecule has 0 aliphatic carbocycles. The minimum Gasteiger partial charge on any atom is -0.356 e. The first-order valence-corrected chi connectivity index (χ1v) is 7.04. The number of carbonyl (C=O) groups excluding carboxylic acids is 2. The van der Waals surface area contributed by atoms with E-state index in [-0.39, 0.29) is 23.0 Å². The number of nitrogens with one attached hydrogen (secondary N) is 1. The van der Waals surface area contributed by atoms with E-state index < -0.39 is 0 Å². The van der Waals surface area contributed by atoms with E-state index in [0.717, 1.165) is 6.42 Å². The van der Waals surface area contributed by atoms with Crippen molar-refractivity contribution in [2.24, 2.45) is 17.3 Å². The number of ketones is 1. The smallest absolute Gasteiger partial charge is 0.220 e. The highest BCUT2D eigenvalue weighted by molar-refractivity contribution is 5.86. The average Bonchev–Trinajstić information content (AvgIpc) is 2.32. The first-order chi connectivity index (χ1) is 8.23. The largest absolute Gasteiger partial charge is 0.356 e. The van der Waals surface area contributed by atoms with E-state index >= 15 is 0 Å². The Kier molecular flexibility index (Phi) is 7.19. The Bertz CT molecular complexity index is 284. The van der Waals surface area contributed by atoms with Gasteiger partial charge in [0.15, 0.2) is 0 Å². The SMILES string of the molecule is CC[C@](C)(CCC(=O)NCC(C)C)C(=O)C(C)C. The summed E-state index contributed by atoms with van der Waals surface area (Å²) >= 11 is 0. The molecule has 3 nitrogen and oxygen atoms in total. The molecule has 0 saturated carbocycles. The number of amides is 1. The van der Waals surface area contributed by atoms with Crippen LogP contribution < -0.4 is 5.32 Å². The second-order valence-electron chi connectivity index (χ2n) is 6.13. The Morgan fingerprint density at radius 1 is 1.17 bits per heavy atom. The van der Waals surface area contributed by atoms with Crippen LogP contribution in [0.2, 0.25) is 0 Å². The van der Waals surface area contributed by atoms with Crippen molar-refractivity contribution < 1.29 is 9.59 Å². The highest BCUT2D eigenvalue weighted by Gasteiger charge is 2.32. The van der Waals surface area contributed by atoms with Gasteiger partial charge in [0.1, 0.15) is 5.78 Å². The molecule has 0 aromatic rings. The molecule has 18 heavy (non-hydrogen) atoms. The predicted molar refractivity (Wildman–Crippen MR) is 75.3 cm³/mol. The highest BCUT2D eigenvalue weighted by Crippen LogP contribution is 2.31. The highest BCUT2D eigenvalue weighted by atomic mass is 16.1. The van der Waals surface area contributed by atoms with E-state index in [1.807, 2.05) is 27.7 Å². The normalized spacial score (nSPS) is 14.7. The third-order valence-corrected chi connectivity index (χ3v) is 3.51. The summed E-state index contributed by atoms with van der Waals surface area (Å²) in [6.07, 6.45) is 1.88. The molecule has 0 bridgehead atoms. The van der Waals surface area contributed by atoms with Crippen LogP contribution in [0.4, 0.5) is 0 Å². The molecule has 0 aliphatic heterocycles. The second kappa shape index (κ2) is 7.55. The number of hydrogen-bond donors (Lipinski definition) is 1. The maximum absolute atomic E-state index is 12.1. The Hall–Kier alpha value is -0.860. The fraction of sp³-hybridized carbons (Fsp3) is 0.867. The minimum atomic E-state index is -0.358. The van der Waals surface area contributed by atoms with Gasteiger partial charge in [-0.15, -0.1) is 0 Å². The van der Waals surface area contributed by atoms with Crippen molar-refractivity contribution in [1.82, 2.24) is 5.32 Å². The lowest BCUT2D eigenvalue weighted by Crippen LogP contribution is -2.34. The Morgan fingerprint density at radius 3 is 2.11 bits per heavy atom. The molecule has 0 saturated heterocycles. The van der Waals surface area contributed by atoms with Crippen LogP contribution in [-0.2, 0) is 9.59 Å². The van der Waals surface area contributed by atoms with Crippen LogP contribution in [0, 0.1) is 17.3 Å². The summed E-state index contributed by atoms with van der Waals surface area (Å²) in [7, 11) is 0. The van der Waals surface area contributed by atoms with Crippen molar-refractivity contribution in [1.29, 1.82) is 0 Å². The van der Waals surface area contributed by atoms with Gasteiger partial charge in [-0.2, -0.15) is 0 Å². The van der Waals surface area contributed by atoms with Crippen LogP contribution in [0.15, 0.2) is 0 Å². The van der Waals surface area contributed by atoms with Crippen molar-refractivity contribution in [3.63, 3.8) is 0 Å². The van der Waals surface area contributed by atoms with Gasteiger partial charge in [0.2, 0.25) is 5.91 Å². The van der Waals surface area contributed by atoms with Crippen molar-refractivity contribution in [3.8, 4) is 0 Å². The van der Waals surface area contributed by atoms with E-state index in [1.165, 1.54) is 0 Å². The summed E-state index contributed by atoms with van der Waals surface area (Å²) in [5.41, 5.74) is -0.358. The third-order valence-electron chi connectivity index (χ3n) is 3.51. The van der Waals surface area contributed by atoms with E-state index in [1.54, 1.807) is 0 Å². The maximum atomic E-state index is 12.1. The number of Topliss-reactive ketones (excluding diaryl/α,β-unsaturated/α-hetero) is 1. The lowest BCUT2D eigenvalue weighted by Gasteiger charge is -2.28. The third kappa shape index (κ3) is 5.65. The van der Waals surface area contributed by atoms with Gasteiger partial charge in [-0.1, -0.05) is 41.5 Å². The molecule has 0 rings (SSSR count). The van der Waals surface area contributed by atoms with E-state index in [0.29, 0.717) is 25.3 Å². The number of hydrogen-bond acceptors (Lipinski definition) is 2. The van der Waals surface area contributed by atoms with Crippen LogP contribution in [0.3, 0.4) is 0 Å². The molecule has 0 heterocycles. The van der Waals surface area contributed by atoms with Crippen LogP contribution >= 0.6 is 0 Å². The Balaban J connectivity index is 4.30. The summed E-state index contributed by atoms with van der Waals surface area (Å²) in [5.74, 6) is 0.819. The molecule has 1 atom stereocenters. The summed E-state index contributed by atoms with van der Waals surface area (Å²) < 4.78 is 0. The van der Waals surface area contributed by atoms with Gasteiger partial charge < -0.3 is 5.32 Å². The van der Waals surface area contributed by atoms with Crippen molar-refractivity contribution in [2.45, 2.75) is 60.8 Å². The van der Waals surface area contributed by atoms with E-state index in [4.69, 9.17) is 0 Å². The standard InChI is InChI=1S/C15H29NO2/c1-7-15(6,14(18)12(4)5)9-8-13(17)16-10-11(2)3/h11-12H,7-10H2,1-6H3,(H,16,17)/t15-/m1/s1. The van der Waals surface area contributed by atoms with Crippen LogP contribution in [0.25, 0.3) is 0 Å². The van der Waals surface area contributed by atoms with Gasteiger partial charge in [0.05, 0.1) is 0 Å². The molecule has 0 aromatic heterocycles. The molecule has 106 valence electrons. The van der Waals surface area contributed by atoms with Gasteiger partial charge in [-0.3, -0.25) is 9.59 Å². The predicted octanol–water partition coefficient (Wildman–Crippen LogP) is 3.18. The molecule has 1 amide bonds. The van der Waals surface area contributed by atoms with Gasteiger partial charge in [-0.05, 0) is 18.8 Å². The van der Waals surface area contributed by atoms with E-state index in [9.17, 15) is 9.59 Å². The number of carbonyl (C=O) groups is 2. The van der Waals surface area contributed by atoms with Gasteiger partial charge in [0, 0.05) is 24.3 Å². The molecule has 0 radical (unpaired) electrons. The summed E-state index contributed by atoms with van der Waals surface area (Å²) in [4.78, 5) is 23.8. The molecule has 0 aliphatic rings. The summed E-state index contributed by atoms with van der Waals surface area (Å²) in [5, 5.41) is 2.90. The van der Waals surface area contributed by atoms with Crippen LogP contribution in [0.1, 0.15) is 60.8 Å². The molecule has 0 spiro atoms. The lowest BCUT2D eigenvalue weighted by molar-refractivity contribution is -0.132. The monoisotopic (exact) mass is 255 g/mol. The van der Waals surface area contributed by atoms with Crippen LogP contribution in [-0.4, -0.2) is 18.2 Å². The zero-order valence-corrected chi connectivity index (χ0v) is 12.8.